The summed E-state index contributed by atoms with van der Waals surface area (Å²) in [6.45, 7) is 4.12. The molecule has 0 spiro atoms. The first-order valence-electron chi connectivity index (χ1n) is 5.90. The number of anilines is 1. The van der Waals surface area contributed by atoms with Crippen molar-refractivity contribution < 1.29 is 9.90 Å². The fourth-order valence-corrected chi connectivity index (χ4v) is 2.97. The Hall–Kier alpha value is -1.03. The van der Waals surface area contributed by atoms with Crippen molar-refractivity contribution in [3.05, 3.63) is 28.2 Å². The van der Waals surface area contributed by atoms with Crippen molar-refractivity contribution in [3.8, 4) is 0 Å². The SMILES string of the molecule is CCCC1CN(c2c(Br)cccc2C(=O)O)C1. The quantitative estimate of drug-likeness (QED) is 0.926. The van der Waals surface area contributed by atoms with Crippen molar-refractivity contribution in [3.63, 3.8) is 0 Å². The molecule has 4 heteroatoms. The number of carboxylic acid groups (broad SMARTS) is 1. The summed E-state index contributed by atoms with van der Waals surface area (Å²) in [6.07, 6.45) is 2.42. The number of halogens is 1. The van der Waals surface area contributed by atoms with E-state index in [4.69, 9.17) is 0 Å². The standard InChI is InChI=1S/C13H16BrNO2/c1-2-4-9-7-15(8-9)12-10(13(16)17)5-3-6-11(12)14/h3,5-6,9H,2,4,7-8H2,1H3,(H,16,17). The van der Waals surface area contributed by atoms with Crippen LogP contribution >= 0.6 is 15.9 Å². The van der Waals surface area contributed by atoms with Gasteiger partial charge in [0.05, 0.1) is 11.3 Å². The lowest BCUT2D eigenvalue weighted by Crippen LogP contribution is -2.47. The molecule has 1 saturated heterocycles. The number of hydrogen-bond acceptors (Lipinski definition) is 2. The van der Waals surface area contributed by atoms with Crippen molar-refractivity contribution in [1.82, 2.24) is 0 Å². The molecule has 1 aliphatic heterocycles. The molecule has 1 fully saturated rings. The van der Waals surface area contributed by atoms with Crippen LogP contribution in [0.2, 0.25) is 0 Å². The topological polar surface area (TPSA) is 40.5 Å². The van der Waals surface area contributed by atoms with Crippen LogP contribution in [0.5, 0.6) is 0 Å². The molecule has 0 radical (unpaired) electrons. The summed E-state index contributed by atoms with van der Waals surface area (Å²) in [6, 6.07) is 5.32. The molecule has 2 rings (SSSR count). The summed E-state index contributed by atoms with van der Waals surface area (Å²) < 4.78 is 0.868. The normalized spacial score (nSPS) is 15.8. The average molecular weight is 298 g/mol. The molecule has 3 nitrogen and oxygen atoms in total. The van der Waals surface area contributed by atoms with E-state index < -0.39 is 5.97 Å². The highest BCUT2D eigenvalue weighted by atomic mass is 79.9. The van der Waals surface area contributed by atoms with Crippen LogP contribution in [0.4, 0.5) is 5.69 Å². The Labute approximate surface area is 110 Å². The van der Waals surface area contributed by atoms with Crippen LogP contribution < -0.4 is 4.90 Å². The molecule has 0 atom stereocenters. The van der Waals surface area contributed by atoms with E-state index in [0.717, 1.165) is 23.2 Å². The third-order valence-corrected chi connectivity index (χ3v) is 3.83. The largest absolute Gasteiger partial charge is 0.478 e. The Morgan fingerprint density at radius 3 is 2.82 bits per heavy atom. The fourth-order valence-electron chi connectivity index (χ4n) is 2.35. The summed E-state index contributed by atoms with van der Waals surface area (Å²) in [5.74, 6) is -0.144. The van der Waals surface area contributed by atoms with Gasteiger partial charge in [-0.15, -0.1) is 0 Å². The highest BCUT2D eigenvalue weighted by Gasteiger charge is 2.30. The summed E-state index contributed by atoms with van der Waals surface area (Å²) in [7, 11) is 0. The molecule has 1 aromatic rings. The van der Waals surface area contributed by atoms with Gasteiger partial charge in [0, 0.05) is 17.6 Å². The van der Waals surface area contributed by atoms with Crippen molar-refractivity contribution >= 4 is 27.6 Å². The van der Waals surface area contributed by atoms with Gasteiger partial charge < -0.3 is 10.0 Å². The molecule has 0 aromatic heterocycles. The predicted octanol–water partition coefficient (Wildman–Crippen LogP) is 3.38. The molecular weight excluding hydrogens is 282 g/mol. The van der Waals surface area contributed by atoms with Crippen LogP contribution in [-0.2, 0) is 0 Å². The molecule has 1 aliphatic rings. The lowest BCUT2D eigenvalue weighted by molar-refractivity contribution is 0.0697. The first kappa shape index (κ1) is 12.4. The van der Waals surface area contributed by atoms with Crippen molar-refractivity contribution in [2.24, 2.45) is 5.92 Å². The van der Waals surface area contributed by atoms with Gasteiger partial charge in [0.1, 0.15) is 0 Å². The van der Waals surface area contributed by atoms with Gasteiger partial charge in [-0.05, 0) is 40.4 Å². The van der Waals surface area contributed by atoms with Gasteiger partial charge in [-0.25, -0.2) is 4.79 Å². The Morgan fingerprint density at radius 2 is 2.24 bits per heavy atom. The molecule has 0 unspecified atom stereocenters. The second-order valence-electron chi connectivity index (χ2n) is 4.50. The Kier molecular flexibility index (Phi) is 3.72. The van der Waals surface area contributed by atoms with Gasteiger partial charge in [0.2, 0.25) is 0 Å². The molecule has 1 heterocycles. The van der Waals surface area contributed by atoms with Crippen molar-refractivity contribution in [2.75, 3.05) is 18.0 Å². The second kappa shape index (κ2) is 5.08. The molecule has 0 aliphatic carbocycles. The zero-order chi connectivity index (χ0) is 12.4. The zero-order valence-electron chi connectivity index (χ0n) is 9.82. The maximum atomic E-state index is 11.2. The smallest absolute Gasteiger partial charge is 0.337 e. The Morgan fingerprint density at radius 1 is 1.53 bits per heavy atom. The summed E-state index contributed by atoms with van der Waals surface area (Å²) in [4.78, 5) is 13.3. The van der Waals surface area contributed by atoms with Crippen LogP contribution in [0.1, 0.15) is 30.1 Å². The minimum absolute atomic E-state index is 0.384. The molecule has 0 saturated carbocycles. The van der Waals surface area contributed by atoms with Crippen LogP contribution in [-0.4, -0.2) is 24.2 Å². The molecule has 1 N–H and O–H groups in total. The molecule has 92 valence electrons. The fraction of sp³-hybridized carbons (Fsp3) is 0.462. The summed E-state index contributed by atoms with van der Waals surface area (Å²) in [5, 5.41) is 9.18. The number of nitrogens with zero attached hydrogens (tertiary/aromatic N) is 1. The zero-order valence-corrected chi connectivity index (χ0v) is 11.4. The van der Waals surface area contributed by atoms with Crippen molar-refractivity contribution in [2.45, 2.75) is 19.8 Å². The summed E-state index contributed by atoms with van der Waals surface area (Å²) >= 11 is 3.44. The number of hydrogen-bond donors (Lipinski definition) is 1. The van der Waals surface area contributed by atoms with Gasteiger partial charge >= 0.3 is 5.97 Å². The van der Waals surface area contributed by atoms with Crippen LogP contribution in [0.25, 0.3) is 0 Å². The van der Waals surface area contributed by atoms with E-state index in [1.807, 2.05) is 6.07 Å². The van der Waals surface area contributed by atoms with E-state index in [0.29, 0.717) is 11.5 Å². The van der Waals surface area contributed by atoms with Crippen LogP contribution in [0, 0.1) is 5.92 Å². The van der Waals surface area contributed by atoms with Gasteiger partial charge in [0.15, 0.2) is 0 Å². The van der Waals surface area contributed by atoms with E-state index >= 15 is 0 Å². The number of rotatable bonds is 4. The maximum Gasteiger partial charge on any atom is 0.337 e. The number of carboxylic acids is 1. The highest BCUT2D eigenvalue weighted by Crippen LogP contribution is 2.35. The Balaban J connectivity index is 2.19. The van der Waals surface area contributed by atoms with E-state index in [1.165, 1.54) is 12.8 Å². The first-order valence-corrected chi connectivity index (χ1v) is 6.69. The molecule has 0 amide bonds. The molecule has 1 aromatic carbocycles. The van der Waals surface area contributed by atoms with Gasteiger partial charge in [0.25, 0.3) is 0 Å². The third kappa shape index (κ3) is 2.46. The lowest BCUT2D eigenvalue weighted by atomic mass is 9.93. The number of aromatic carboxylic acids is 1. The molecular formula is C13H16BrNO2. The van der Waals surface area contributed by atoms with E-state index in [-0.39, 0.29) is 0 Å². The minimum atomic E-state index is -0.861. The first-order chi connectivity index (χ1) is 8.13. The lowest BCUT2D eigenvalue weighted by Gasteiger charge is -2.42. The van der Waals surface area contributed by atoms with Crippen LogP contribution in [0.15, 0.2) is 22.7 Å². The second-order valence-corrected chi connectivity index (χ2v) is 5.36. The maximum absolute atomic E-state index is 11.2. The van der Waals surface area contributed by atoms with Gasteiger partial charge in [-0.2, -0.15) is 0 Å². The summed E-state index contributed by atoms with van der Waals surface area (Å²) in [5.41, 5.74) is 1.21. The van der Waals surface area contributed by atoms with E-state index in [1.54, 1.807) is 12.1 Å². The van der Waals surface area contributed by atoms with Gasteiger partial charge in [-0.1, -0.05) is 19.4 Å². The number of benzene rings is 1. The monoisotopic (exact) mass is 297 g/mol. The number of para-hydroxylation sites is 1. The number of carbonyl (C=O) groups is 1. The Bertz CT molecular complexity index is 427. The average Bonchev–Trinajstić information content (AvgIpc) is 2.23. The van der Waals surface area contributed by atoms with E-state index in [2.05, 4.69) is 27.8 Å². The van der Waals surface area contributed by atoms with E-state index in [9.17, 15) is 9.90 Å². The molecule has 0 bridgehead atoms. The van der Waals surface area contributed by atoms with Crippen LogP contribution in [0.3, 0.4) is 0 Å². The van der Waals surface area contributed by atoms with Gasteiger partial charge in [-0.3, -0.25) is 0 Å². The molecule has 17 heavy (non-hydrogen) atoms. The third-order valence-electron chi connectivity index (χ3n) is 3.19. The predicted molar refractivity (Wildman–Crippen MR) is 71.7 cm³/mol. The minimum Gasteiger partial charge on any atom is -0.478 e. The van der Waals surface area contributed by atoms with Crippen molar-refractivity contribution in [1.29, 1.82) is 0 Å². The highest BCUT2D eigenvalue weighted by molar-refractivity contribution is 9.10.